The summed E-state index contributed by atoms with van der Waals surface area (Å²) in [5.41, 5.74) is 0.439. The largest absolute Gasteiger partial charge is 0.368 e. The standard InChI is InChI=1S/C14H14ClN5O/c1-20-4-3-17-14(20)12-11(2-5-21-12)19-13-10(15)6-9(7-16)8-18-13/h3-4,6,8,11-12H,2,5H2,1H3,(H,18,19)/t11-,12-/m0/s1. The number of anilines is 1. The summed E-state index contributed by atoms with van der Waals surface area (Å²) in [6.45, 7) is 0.656. The van der Waals surface area contributed by atoms with E-state index in [9.17, 15) is 0 Å². The van der Waals surface area contributed by atoms with Crippen LogP contribution in [-0.4, -0.2) is 27.2 Å². The highest BCUT2D eigenvalue weighted by Gasteiger charge is 2.33. The van der Waals surface area contributed by atoms with Gasteiger partial charge in [0.05, 0.1) is 16.6 Å². The fourth-order valence-electron chi connectivity index (χ4n) is 2.42. The van der Waals surface area contributed by atoms with Crippen LogP contribution in [0.25, 0.3) is 0 Å². The van der Waals surface area contributed by atoms with E-state index < -0.39 is 0 Å². The Morgan fingerprint density at radius 2 is 2.38 bits per heavy atom. The minimum Gasteiger partial charge on any atom is -0.368 e. The molecular weight excluding hydrogens is 290 g/mol. The lowest BCUT2D eigenvalue weighted by Crippen LogP contribution is -2.25. The van der Waals surface area contributed by atoms with Crippen molar-refractivity contribution >= 4 is 17.4 Å². The van der Waals surface area contributed by atoms with Gasteiger partial charge in [-0.1, -0.05) is 11.6 Å². The molecule has 2 atom stereocenters. The van der Waals surface area contributed by atoms with Crippen LogP contribution in [0.4, 0.5) is 5.82 Å². The van der Waals surface area contributed by atoms with Crippen molar-refractivity contribution < 1.29 is 4.74 Å². The molecule has 1 N–H and O–H groups in total. The van der Waals surface area contributed by atoms with E-state index in [4.69, 9.17) is 21.6 Å². The first-order chi connectivity index (χ1) is 10.2. The zero-order valence-corrected chi connectivity index (χ0v) is 12.2. The van der Waals surface area contributed by atoms with Gasteiger partial charge in [-0.3, -0.25) is 0 Å². The summed E-state index contributed by atoms with van der Waals surface area (Å²) in [7, 11) is 1.94. The lowest BCUT2D eigenvalue weighted by atomic mass is 10.1. The third kappa shape index (κ3) is 2.71. The summed E-state index contributed by atoms with van der Waals surface area (Å²) in [4.78, 5) is 8.54. The van der Waals surface area contributed by atoms with Crippen LogP contribution in [0.15, 0.2) is 24.7 Å². The van der Waals surface area contributed by atoms with Gasteiger partial charge in [-0.2, -0.15) is 5.26 Å². The van der Waals surface area contributed by atoms with Gasteiger partial charge in [0.1, 0.15) is 23.8 Å². The Hall–Kier alpha value is -2.10. The molecule has 0 amide bonds. The normalized spacial score (nSPS) is 21.2. The molecule has 2 aromatic rings. The van der Waals surface area contributed by atoms with Gasteiger partial charge in [0, 0.05) is 32.2 Å². The highest BCUT2D eigenvalue weighted by molar-refractivity contribution is 6.33. The van der Waals surface area contributed by atoms with E-state index in [1.54, 1.807) is 12.3 Å². The quantitative estimate of drug-likeness (QED) is 0.941. The highest BCUT2D eigenvalue weighted by Crippen LogP contribution is 2.31. The lowest BCUT2D eigenvalue weighted by molar-refractivity contribution is 0.0983. The monoisotopic (exact) mass is 303 g/mol. The smallest absolute Gasteiger partial charge is 0.145 e. The molecule has 0 aliphatic carbocycles. The van der Waals surface area contributed by atoms with Crippen molar-refractivity contribution in [1.29, 1.82) is 5.26 Å². The molecule has 7 heteroatoms. The molecule has 108 valence electrons. The first-order valence-electron chi connectivity index (χ1n) is 6.60. The number of aromatic nitrogens is 3. The van der Waals surface area contributed by atoms with Crippen molar-refractivity contribution in [3.8, 4) is 6.07 Å². The zero-order valence-electron chi connectivity index (χ0n) is 11.5. The number of halogens is 1. The second-order valence-corrected chi connectivity index (χ2v) is 5.30. The van der Waals surface area contributed by atoms with E-state index in [0.29, 0.717) is 23.0 Å². The minimum atomic E-state index is -0.140. The molecule has 0 aromatic carbocycles. The number of imidazole rings is 1. The number of rotatable bonds is 3. The number of hydrogen-bond acceptors (Lipinski definition) is 5. The molecule has 21 heavy (non-hydrogen) atoms. The van der Waals surface area contributed by atoms with Gasteiger partial charge in [-0.25, -0.2) is 9.97 Å². The van der Waals surface area contributed by atoms with E-state index >= 15 is 0 Å². The number of nitrogens with one attached hydrogen (secondary N) is 1. The van der Waals surface area contributed by atoms with Crippen LogP contribution in [0.1, 0.15) is 23.9 Å². The zero-order chi connectivity index (χ0) is 14.8. The third-order valence-corrected chi connectivity index (χ3v) is 3.79. The predicted octanol–water partition coefficient (Wildman–Crippen LogP) is 2.28. The number of nitrogens with zero attached hydrogens (tertiary/aromatic N) is 4. The van der Waals surface area contributed by atoms with Crippen molar-refractivity contribution in [1.82, 2.24) is 14.5 Å². The maximum absolute atomic E-state index is 8.83. The second-order valence-electron chi connectivity index (χ2n) is 4.89. The first-order valence-corrected chi connectivity index (χ1v) is 6.98. The van der Waals surface area contributed by atoms with Gasteiger partial charge in [0.2, 0.25) is 0 Å². The lowest BCUT2D eigenvalue weighted by Gasteiger charge is -2.20. The van der Waals surface area contributed by atoms with E-state index in [0.717, 1.165) is 12.2 Å². The van der Waals surface area contributed by atoms with Crippen LogP contribution >= 0.6 is 11.6 Å². The van der Waals surface area contributed by atoms with Gasteiger partial charge in [-0.15, -0.1) is 0 Å². The van der Waals surface area contributed by atoms with E-state index in [1.807, 2.05) is 23.9 Å². The topological polar surface area (TPSA) is 75.8 Å². The Morgan fingerprint density at radius 3 is 3.05 bits per heavy atom. The molecule has 0 unspecified atom stereocenters. The van der Waals surface area contributed by atoms with Crippen LogP contribution in [0.5, 0.6) is 0 Å². The van der Waals surface area contributed by atoms with Crippen LogP contribution < -0.4 is 5.32 Å². The number of pyridine rings is 1. The molecule has 0 bridgehead atoms. The number of ether oxygens (including phenoxy) is 1. The molecule has 1 fully saturated rings. The second kappa shape index (κ2) is 5.72. The summed E-state index contributed by atoms with van der Waals surface area (Å²) in [5, 5.41) is 12.6. The molecule has 2 aromatic heterocycles. The van der Waals surface area contributed by atoms with Crippen LogP contribution in [0.3, 0.4) is 0 Å². The molecule has 6 nitrogen and oxygen atoms in total. The Morgan fingerprint density at radius 1 is 1.52 bits per heavy atom. The molecule has 0 radical (unpaired) electrons. The molecular formula is C14H14ClN5O. The molecule has 3 heterocycles. The minimum absolute atomic E-state index is 0.0454. The van der Waals surface area contributed by atoms with Gasteiger partial charge in [0.25, 0.3) is 0 Å². The Labute approximate surface area is 127 Å². The predicted molar refractivity (Wildman–Crippen MR) is 77.9 cm³/mol. The average Bonchev–Trinajstić information content (AvgIpc) is 3.09. The van der Waals surface area contributed by atoms with Crippen LogP contribution in [0, 0.1) is 11.3 Å². The van der Waals surface area contributed by atoms with E-state index in [1.165, 1.54) is 6.20 Å². The molecule has 0 spiro atoms. The van der Waals surface area contributed by atoms with Crippen molar-refractivity contribution in [2.45, 2.75) is 18.6 Å². The summed E-state index contributed by atoms with van der Waals surface area (Å²) in [6, 6.07) is 3.66. The number of nitriles is 1. The maximum atomic E-state index is 8.83. The van der Waals surface area contributed by atoms with Crippen LogP contribution in [0.2, 0.25) is 5.02 Å². The summed E-state index contributed by atoms with van der Waals surface area (Å²) < 4.78 is 7.72. The molecule has 1 aliphatic rings. The van der Waals surface area contributed by atoms with Crippen LogP contribution in [-0.2, 0) is 11.8 Å². The Kier molecular flexibility index (Phi) is 3.78. The van der Waals surface area contributed by atoms with Gasteiger partial charge >= 0.3 is 0 Å². The van der Waals surface area contributed by atoms with E-state index in [2.05, 4.69) is 15.3 Å². The maximum Gasteiger partial charge on any atom is 0.145 e. The van der Waals surface area contributed by atoms with Crippen molar-refractivity contribution in [3.05, 3.63) is 41.1 Å². The molecule has 0 saturated carbocycles. The summed E-state index contributed by atoms with van der Waals surface area (Å²) in [6.07, 6.45) is 5.84. The van der Waals surface area contributed by atoms with Gasteiger partial charge in [-0.05, 0) is 12.5 Å². The van der Waals surface area contributed by atoms with Crippen molar-refractivity contribution in [2.24, 2.45) is 7.05 Å². The Balaban J connectivity index is 1.81. The number of hydrogen-bond donors (Lipinski definition) is 1. The van der Waals surface area contributed by atoms with E-state index in [-0.39, 0.29) is 12.1 Å². The summed E-state index contributed by atoms with van der Waals surface area (Å²) in [5.74, 6) is 1.43. The first kappa shape index (κ1) is 13.9. The Bertz CT molecular complexity index is 693. The third-order valence-electron chi connectivity index (χ3n) is 3.50. The summed E-state index contributed by atoms with van der Waals surface area (Å²) >= 11 is 6.15. The van der Waals surface area contributed by atoms with Crippen molar-refractivity contribution in [3.63, 3.8) is 0 Å². The van der Waals surface area contributed by atoms with Gasteiger partial charge in [0.15, 0.2) is 0 Å². The number of aryl methyl sites for hydroxylation is 1. The fraction of sp³-hybridized carbons (Fsp3) is 0.357. The fourth-order valence-corrected chi connectivity index (χ4v) is 2.64. The molecule has 1 saturated heterocycles. The highest BCUT2D eigenvalue weighted by atomic mass is 35.5. The average molecular weight is 304 g/mol. The van der Waals surface area contributed by atoms with Crippen molar-refractivity contribution in [2.75, 3.05) is 11.9 Å². The van der Waals surface area contributed by atoms with Gasteiger partial charge < -0.3 is 14.6 Å². The SMILES string of the molecule is Cn1ccnc1[C@H]1OCC[C@@H]1Nc1ncc(C#N)cc1Cl. The molecule has 1 aliphatic heterocycles. The molecule has 3 rings (SSSR count).